The number of sulfonamides is 1. The maximum atomic E-state index is 14.4. The summed E-state index contributed by atoms with van der Waals surface area (Å²) in [7, 11) is -4.35. The number of amides is 2. The van der Waals surface area contributed by atoms with E-state index in [1.165, 1.54) is 29.2 Å². The molecule has 236 valence electrons. The smallest absolute Gasteiger partial charge is 0.264 e. The van der Waals surface area contributed by atoms with Crippen molar-refractivity contribution in [2.24, 2.45) is 0 Å². The molecule has 0 aliphatic rings. The van der Waals surface area contributed by atoms with E-state index in [1.807, 2.05) is 51.1 Å². The van der Waals surface area contributed by atoms with Gasteiger partial charge in [-0.1, -0.05) is 67.1 Å². The van der Waals surface area contributed by atoms with Crippen molar-refractivity contribution in [1.82, 2.24) is 10.2 Å². The second kappa shape index (κ2) is 14.9. The van der Waals surface area contributed by atoms with E-state index in [0.29, 0.717) is 12.0 Å². The molecule has 10 heteroatoms. The Morgan fingerprint density at radius 3 is 1.96 bits per heavy atom. The Hall–Kier alpha value is -4.57. The molecular formula is C35H37F2N3O4S. The zero-order valence-corrected chi connectivity index (χ0v) is 26.3. The average Bonchev–Trinajstić information content (AvgIpc) is 3.03. The van der Waals surface area contributed by atoms with Crippen molar-refractivity contribution < 1.29 is 26.8 Å². The van der Waals surface area contributed by atoms with Crippen LogP contribution in [0.4, 0.5) is 14.5 Å². The van der Waals surface area contributed by atoms with Crippen molar-refractivity contribution in [3.8, 4) is 0 Å². The lowest BCUT2D eigenvalue weighted by Crippen LogP contribution is -2.54. The van der Waals surface area contributed by atoms with Crippen LogP contribution in [0.2, 0.25) is 0 Å². The van der Waals surface area contributed by atoms with Gasteiger partial charge in [0.05, 0.1) is 10.6 Å². The number of anilines is 1. The summed E-state index contributed by atoms with van der Waals surface area (Å²) in [5.41, 5.74) is 2.46. The van der Waals surface area contributed by atoms with Crippen molar-refractivity contribution in [2.75, 3.05) is 10.8 Å². The van der Waals surface area contributed by atoms with Gasteiger partial charge in [0.25, 0.3) is 10.0 Å². The number of hydrogen-bond donors (Lipinski definition) is 1. The van der Waals surface area contributed by atoms with Crippen LogP contribution in [0.15, 0.2) is 108 Å². The molecule has 2 amide bonds. The van der Waals surface area contributed by atoms with E-state index >= 15 is 0 Å². The summed E-state index contributed by atoms with van der Waals surface area (Å²) >= 11 is 0. The molecule has 0 fully saturated rings. The summed E-state index contributed by atoms with van der Waals surface area (Å²) < 4.78 is 56.4. The van der Waals surface area contributed by atoms with Crippen molar-refractivity contribution >= 4 is 27.5 Å². The van der Waals surface area contributed by atoms with Gasteiger partial charge in [-0.2, -0.15) is 0 Å². The van der Waals surface area contributed by atoms with Crippen LogP contribution in [0.25, 0.3) is 0 Å². The molecule has 0 radical (unpaired) electrons. The number of nitrogens with zero attached hydrogens (tertiary/aromatic N) is 2. The number of aryl methyl sites for hydroxylation is 1. The van der Waals surface area contributed by atoms with Crippen LogP contribution in [0, 0.1) is 18.6 Å². The van der Waals surface area contributed by atoms with Crippen LogP contribution in [0.1, 0.15) is 37.0 Å². The monoisotopic (exact) mass is 633 g/mol. The van der Waals surface area contributed by atoms with Gasteiger partial charge < -0.3 is 10.2 Å². The van der Waals surface area contributed by atoms with E-state index in [2.05, 4.69) is 5.32 Å². The summed E-state index contributed by atoms with van der Waals surface area (Å²) in [4.78, 5) is 29.4. The van der Waals surface area contributed by atoms with Gasteiger partial charge in [0.1, 0.15) is 24.2 Å². The van der Waals surface area contributed by atoms with Gasteiger partial charge in [0, 0.05) is 19.0 Å². The summed E-state index contributed by atoms with van der Waals surface area (Å²) in [6, 6.07) is 24.6. The van der Waals surface area contributed by atoms with Crippen molar-refractivity contribution in [2.45, 2.75) is 57.1 Å². The number of carbonyl (C=O) groups is 2. The first-order chi connectivity index (χ1) is 21.5. The van der Waals surface area contributed by atoms with Gasteiger partial charge in [-0.3, -0.25) is 13.9 Å². The minimum Gasteiger partial charge on any atom is -0.352 e. The first kappa shape index (κ1) is 33.3. The first-order valence-corrected chi connectivity index (χ1v) is 16.1. The lowest BCUT2D eigenvalue weighted by Gasteiger charge is -2.34. The Morgan fingerprint density at radius 2 is 1.38 bits per heavy atom. The SMILES string of the molecule is CC[C@H](C)NC(=O)[C@H](Cc1ccccc1)N(Cc1ccc(F)cc1)C(=O)CN(c1ccc(C)cc1)S(=O)(=O)c1ccc(F)cc1. The van der Waals surface area contributed by atoms with Crippen molar-refractivity contribution in [3.05, 3.63) is 131 Å². The quantitative estimate of drug-likeness (QED) is 0.195. The Labute approximate surface area is 263 Å². The van der Waals surface area contributed by atoms with Crippen LogP contribution in [-0.2, 0) is 32.6 Å². The normalized spacial score (nSPS) is 12.6. The molecule has 7 nitrogen and oxygen atoms in total. The van der Waals surface area contributed by atoms with Crippen LogP contribution >= 0.6 is 0 Å². The van der Waals surface area contributed by atoms with E-state index in [4.69, 9.17) is 0 Å². The lowest BCUT2D eigenvalue weighted by molar-refractivity contribution is -0.140. The van der Waals surface area contributed by atoms with Gasteiger partial charge in [0.15, 0.2) is 0 Å². The fourth-order valence-corrected chi connectivity index (χ4v) is 6.17. The van der Waals surface area contributed by atoms with Gasteiger partial charge in [-0.05, 0) is 79.9 Å². The highest BCUT2D eigenvalue weighted by Crippen LogP contribution is 2.26. The molecule has 4 rings (SSSR count). The molecular weight excluding hydrogens is 596 g/mol. The molecule has 0 aliphatic carbocycles. The first-order valence-electron chi connectivity index (χ1n) is 14.7. The molecule has 4 aromatic carbocycles. The fourth-order valence-electron chi connectivity index (χ4n) is 4.76. The number of nitrogens with one attached hydrogen (secondary N) is 1. The Balaban J connectivity index is 1.80. The third-order valence-electron chi connectivity index (χ3n) is 7.54. The summed E-state index contributed by atoms with van der Waals surface area (Å²) in [5, 5.41) is 2.97. The molecule has 0 aliphatic heterocycles. The van der Waals surface area contributed by atoms with Crippen LogP contribution in [-0.4, -0.2) is 43.8 Å². The number of carbonyl (C=O) groups excluding carboxylic acids is 2. The highest BCUT2D eigenvalue weighted by Gasteiger charge is 2.35. The number of halogens is 2. The van der Waals surface area contributed by atoms with Gasteiger partial charge in [-0.25, -0.2) is 17.2 Å². The number of rotatable bonds is 13. The van der Waals surface area contributed by atoms with Crippen LogP contribution < -0.4 is 9.62 Å². The Bertz CT molecular complexity index is 1680. The zero-order valence-electron chi connectivity index (χ0n) is 25.5. The highest BCUT2D eigenvalue weighted by molar-refractivity contribution is 7.92. The second-order valence-corrected chi connectivity index (χ2v) is 12.8. The lowest BCUT2D eigenvalue weighted by atomic mass is 10.0. The maximum absolute atomic E-state index is 14.4. The molecule has 2 atom stereocenters. The van der Waals surface area contributed by atoms with Crippen LogP contribution in [0.5, 0.6) is 0 Å². The minimum absolute atomic E-state index is 0.0805. The van der Waals surface area contributed by atoms with Crippen molar-refractivity contribution in [1.29, 1.82) is 0 Å². The van der Waals surface area contributed by atoms with E-state index < -0.39 is 46.1 Å². The molecule has 0 aromatic heterocycles. The molecule has 0 bridgehead atoms. The predicted octanol–water partition coefficient (Wildman–Crippen LogP) is 6.02. The Morgan fingerprint density at radius 1 is 0.800 bits per heavy atom. The maximum Gasteiger partial charge on any atom is 0.264 e. The molecule has 0 saturated heterocycles. The number of hydrogen-bond acceptors (Lipinski definition) is 4. The Kier molecular flexibility index (Phi) is 11.1. The molecule has 4 aromatic rings. The highest BCUT2D eigenvalue weighted by atomic mass is 32.2. The second-order valence-electron chi connectivity index (χ2n) is 11.0. The molecule has 0 spiro atoms. The molecule has 0 unspecified atom stereocenters. The zero-order chi connectivity index (χ0) is 32.6. The van der Waals surface area contributed by atoms with Gasteiger partial charge >= 0.3 is 0 Å². The molecule has 0 saturated carbocycles. The van der Waals surface area contributed by atoms with E-state index in [-0.39, 0.29) is 29.6 Å². The minimum atomic E-state index is -4.35. The van der Waals surface area contributed by atoms with Gasteiger partial charge in [0.2, 0.25) is 11.8 Å². The third kappa shape index (κ3) is 8.76. The largest absolute Gasteiger partial charge is 0.352 e. The average molecular weight is 634 g/mol. The van der Waals surface area contributed by atoms with E-state index in [1.54, 1.807) is 24.3 Å². The summed E-state index contributed by atoms with van der Waals surface area (Å²) in [6.45, 7) is 4.91. The molecule has 1 N–H and O–H groups in total. The fraction of sp³-hybridized carbons (Fsp3) is 0.257. The molecule has 45 heavy (non-hydrogen) atoms. The predicted molar refractivity (Wildman–Crippen MR) is 171 cm³/mol. The summed E-state index contributed by atoms with van der Waals surface area (Å²) in [6.07, 6.45) is 0.818. The topological polar surface area (TPSA) is 86.8 Å². The van der Waals surface area contributed by atoms with Crippen molar-refractivity contribution in [3.63, 3.8) is 0 Å². The van der Waals surface area contributed by atoms with Crippen LogP contribution in [0.3, 0.4) is 0 Å². The standard InChI is InChI=1S/C35H37F2N3O4S/c1-4-26(3)38-35(42)33(22-27-8-6-5-7-9-27)39(23-28-12-14-29(36)15-13-28)34(41)24-40(31-18-10-25(2)11-19-31)45(43,44)32-20-16-30(37)17-21-32/h5-21,26,33H,4,22-24H2,1-3H3,(H,38,42)/t26-,33-/m0/s1. The van der Waals surface area contributed by atoms with E-state index in [9.17, 15) is 26.8 Å². The van der Waals surface area contributed by atoms with Gasteiger partial charge in [-0.15, -0.1) is 0 Å². The van der Waals surface area contributed by atoms with E-state index in [0.717, 1.165) is 39.7 Å². The number of benzene rings is 4. The summed E-state index contributed by atoms with van der Waals surface area (Å²) in [5.74, 6) is -2.10. The molecule has 0 heterocycles. The third-order valence-corrected chi connectivity index (χ3v) is 9.33.